The summed E-state index contributed by atoms with van der Waals surface area (Å²) in [5.74, 6) is 0. The van der Waals surface area contributed by atoms with Crippen LogP contribution in [0, 0.1) is 0 Å². The lowest BCUT2D eigenvalue weighted by molar-refractivity contribution is -0.125. The van der Waals surface area contributed by atoms with E-state index in [0.717, 1.165) is 39.1 Å². The Hall–Kier alpha value is -0.970. The van der Waals surface area contributed by atoms with Crippen LogP contribution in [-0.4, -0.2) is 43.5 Å². The van der Waals surface area contributed by atoms with Crippen LogP contribution in [0.25, 0.3) is 0 Å². The molecule has 2 heterocycles. The van der Waals surface area contributed by atoms with Crippen molar-refractivity contribution >= 4 is 0 Å². The molecule has 0 aliphatic carbocycles. The highest BCUT2D eigenvalue weighted by atomic mass is 16.5. The van der Waals surface area contributed by atoms with Crippen molar-refractivity contribution in [3.05, 3.63) is 30.1 Å². The van der Waals surface area contributed by atoms with E-state index in [1.807, 2.05) is 19.4 Å². The van der Waals surface area contributed by atoms with E-state index < -0.39 is 0 Å². The largest absolute Gasteiger partial charge is 0.381 e. The molecule has 1 N–H and O–H groups in total. The van der Waals surface area contributed by atoms with Crippen molar-refractivity contribution in [2.75, 3.05) is 26.9 Å². The highest BCUT2D eigenvalue weighted by Gasteiger charge is 2.40. The molecule has 1 aliphatic heterocycles. The third-order valence-electron chi connectivity index (χ3n) is 3.94. The van der Waals surface area contributed by atoms with Gasteiger partial charge in [-0.2, -0.15) is 0 Å². The number of ether oxygens (including phenoxy) is 2. The smallest absolute Gasteiger partial charge is 0.0881 e. The molecule has 0 saturated carbocycles. The molecule has 0 amide bonds. The molecule has 0 bridgehead atoms. The second-order valence-corrected chi connectivity index (χ2v) is 5.01. The molecule has 1 aromatic rings. The van der Waals surface area contributed by atoms with Crippen molar-refractivity contribution in [3.63, 3.8) is 0 Å². The van der Waals surface area contributed by atoms with E-state index in [9.17, 15) is 0 Å². The Morgan fingerprint density at radius 2 is 2.05 bits per heavy atom. The van der Waals surface area contributed by atoms with Crippen LogP contribution in [0.4, 0.5) is 0 Å². The van der Waals surface area contributed by atoms with E-state index in [-0.39, 0.29) is 5.60 Å². The average Bonchev–Trinajstić information content (AvgIpc) is 2.47. The lowest BCUT2D eigenvalue weighted by Crippen LogP contribution is -2.55. The quantitative estimate of drug-likeness (QED) is 0.851. The molecular weight excluding hydrogens is 240 g/mol. The van der Waals surface area contributed by atoms with Crippen LogP contribution < -0.4 is 5.32 Å². The fourth-order valence-corrected chi connectivity index (χ4v) is 2.90. The van der Waals surface area contributed by atoms with Gasteiger partial charge < -0.3 is 14.8 Å². The number of hydrogen-bond acceptors (Lipinski definition) is 4. The van der Waals surface area contributed by atoms with Crippen LogP contribution in [0.15, 0.2) is 24.5 Å². The van der Waals surface area contributed by atoms with E-state index in [2.05, 4.69) is 29.4 Å². The zero-order chi connectivity index (χ0) is 13.6. The zero-order valence-corrected chi connectivity index (χ0v) is 11.9. The number of likely N-dealkylation sites (N-methyl/N-ethyl adjacent to an activating group) is 1. The molecule has 1 unspecified atom stereocenters. The molecule has 1 aliphatic rings. The Kier molecular flexibility index (Phi) is 5.31. The molecule has 19 heavy (non-hydrogen) atoms. The fourth-order valence-electron chi connectivity index (χ4n) is 2.90. The van der Waals surface area contributed by atoms with E-state index in [0.29, 0.717) is 6.04 Å². The lowest BCUT2D eigenvalue weighted by atomic mass is 9.82. The first-order valence-electron chi connectivity index (χ1n) is 7.08. The van der Waals surface area contributed by atoms with Crippen molar-refractivity contribution in [1.82, 2.24) is 10.3 Å². The molecule has 1 saturated heterocycles. The van der Waals surface area contributed by atoms with Crippen LogP contribution in [-0.2, 0) is 15.9 Å². The van der Waals surface area contributed by atoms with Gasteiger partial charge >= 0.3 is 0 Å². The predicted molar refractivity (Wildman–Crippen MR) is 75.2 cm³/mol. The number of aromatic nitrogens is 1. The summed E-state index contributed by atoms with van der Waals surface area (Å²) in [6.07, 6.45) is 6.56. The first kappa shape index (κ1) is 14.4. The maximum absolute atomic E-state index is 6.14. The van der Waals surface area contributed by atoms with Crippen molar-refractivity contribution in [3.8, 4) is 0 Å². The van der Waals surface area contributed by atoms with E-state index in [1.54, 1.807) is 0 Å². The maximum atomic E-state index is 6.14. The van der Waals surface area contributed by atoms with Gasteiger partial charge in [-0.25, -0.2) is 0 Å². The minimum atomic E-state index is -0.106. The maximum Gasteiger partial charge on any atom is 0.0881 e. The van der Waals surface area contributed by atoms with Gasteiger partial charge in [0.25, 0.3) is 0 Å². The highest BCUT2D eigenvalue weighted by Crippen LogP contribution is 2.30. The van der Waals surface area contributed by atoms with Crippen LogP contribution in [0.1, 0.15) is 25.3 Å². The second kappa shape index (κ2) is 6.98. The Labute approximate surface area is 115 Å². The Balaban J connectivity index is 2.12. The molecule has 2 rings (SSSR count). The number of hydrogen-bond donors (Lipinski definition) is 1. The Bertz CT molecular complexity index is 358. The summed E-state index contributed by atoms with van der Waals surface area (Å²) >= 11 is 0. The Morgan fingerprint density at radius 3 is 2.63 bits per heavy atom. The molecule has 0 spiro atoms. The van der Waals surface area contributed by atoms with Gasteiger partial charge in [0.2, 0.25) is 0 Å². The van der Waals surface area contributed by atoms with Crippen molar-refractivity contribution in [2.24, 2.45) is 0 Å². The summed E-state index contributed by atoms with van der Waals surface area (Å²) in [4.78, 5) is 4.07. The van der Waals surface area contributed by atoms with Crippen molar-refractivity contribution < 1.29 is 9.47 Å². The molecule has 1 aromatic heterocycles. The third kappa shape index (κ3) is 3.53. The first-order valence-corrected chi connectivity index (χ1v) is 7.08. The SMILES string of the molecule is CCOC1(C(Cc2ccncc2)NC)CCOCC1. The molecule has 4 heteroatoms. The summed E-state index contributed by atoms with van der Waals surface area (Å²) < 4.78 is 11.6. The minimum absolute atomic E-state index is 0.106. The van der Waals surface area contributed by atoms with Crippen molar-refractivity contribution in [2.45, 2.75) is 37.8 Å². The van der Waals surface area contributed by atoms with E-state index in [1.165, 1.54) is 5.56 Å². The summed E-state index contributed by atoms with van der Waals surface area (Å²) in [5, 5.41) is 3.44. The molecule has 0 radical (unpaired) electrons. The predicted octanol–water partition coefficient (Wildman–Crippen LogP) is 1.80. The molecular formula is C15H24N2O2. The number of nitrogens with one attached hydrogen (secondary N) is 1. The number of pyridine rings is 1. The van der Waals surface area contributed by atoms with Gasteiger partial charge in [0, 0.05) is 51.1 Å². The highest BCUT2D eigenvalue weighted by molar-refractivity contribution is 5.13. The van der Waals surface area contributed by atoms with E-state index in [4.69, 9.17) is 9.47 Å². The fraction of sp³-hybridized carbons (Fsp3) is 0.667. The van der Waals surface area contributed by atoms with Gasteiger partial charge in [-0.05, 0) is 38.1 Å². The monoisotopic (exact) mass is 264 g/mol. The molecule has 1 fully saturated rings. The normalized spacial score (nSPS) is 20.1. The van der Waals surface area contributed by atoms with Crippen LogP contribution in [0.3, 0.4) is 0 Å². The average molecular weight is 264 g/mol. The van der Waals surface area contributed by atoms with Gasteiger partial charge in [-0.3, -0.25) is 4.98 Å². The standard InChI is InChI=1S/C15H24N2O2/c1-3-19-15(6-10-18-11-7-15)14(16-2)12-13-4-8-17-9-5-13/h4-5,8-9,14,16H,3,6-7,10-12H2,1-2H3. The topological polar surface area (TPSA) is 43.4 Å². The van der Waals surface area contributed by atoms with Crippen LogP contribution in [0.2, 0.25) is 0 Å². The van der Waals surface area contributed by atoms with E-state index >= 15 is 0 Å². The summed E-state index contributed by atoms with van der Waals surface area (Å²) in [7, 11) is 2.02. The summed E-state index contributed by atoms with van der Waals surface area (Å²) in [6, 6.07) is 4.45. The van der Waals surface area contributed by atoms with Crippen molar-refractivity contribution in [1.29, 1.82) is 0 Å². The van der Waals surface area contributed by atoms with Gasteiger partial charge in [-0.1, -0.05) is 0 Å². The third-order valence-corrected chi connectivity index (χ3v) is 3.94. The molecule has 0 aromatic carbocycles. The van der Waals surface area contributed by atoms with Crippen LogP contribution >= 0.6 is 0 Å². The number of rotatable bonds is 6. The van der Waals surface area contributed by atoms with Gasteiger partial charge in [0.1, 0.15) is 0 Å². The zero-order valence-electron chi connectivity index (χ0n) is 11.9. The molecule has 1 atom stereocenters. The molecule has 4 nitrogen and oxygen atoms in total. The summed E-state index contributed by atoms with van der Waals surface area (Å²) in [5.41, 5.74) is 1.19. The Morgan fingerprint density at radius 1 is 1.37 bits per heavy atom. The second-order valence-electron chi connectivity index (χ2n) is 5.01. The van der Waals surface area contributed by atoms with Gasteiger partial charge in [0.05, 0.1) is 5.60 Å². The van der Waals surface area contributed by atoms with Crippen LogP contribution in [0.5, 0.6) is 0 Å². The van der Waals surface area contributed by atoms with Gasteiger partial charge in [0.15, 0.2) is 0 Å². The lowest BCUT2D eigenvalue weighted by Gasteiger charge is -2.43. The number of nitrogens with zero attached hydrogens (tertiary/aromatic N) is 1. The van der Waals surface area contributed by atoms with Gasteiger partial charge in [-0.15, -0.1) is 0 Å². The first-order chi connectivity index (χ1) is 9.30. The summed E-state index contributed by atoms with van der Waals surface area (Å²) in [6.45, 7) is 4.38. The molecule has 106 valence electrons. The minimum Gasteiger partial charge on any atom is -0.381 e.